The summed E-state index contributed by atoms with van der Waals surface area (Å²) in [5, 5.41) is 27.9. The van der Waals surface area contributed by atoms with Crippen molar-refractivity contribution in [2.75, 3.05) is 0 Å². The van der Waals surface area contributed by atoms with E-state index in [1.165, 1.54) is 24.3 Å². The van der Waals surface area contributed by atoms with E-state index in [0.29, 0.717) is 0 Å². The summed E-state index contributed by atoms with van der Waals surface area (Å²) in [6.45, 7) is 0. The van der Waals surface area contributed by atoms with Gasteiger partial charge in [0.25, 0.3) is 0 Å². The number of hydrogen-bond donors (Lipinski definition) is 3. The lowest BCUT2D eigenvalue weighted by molar-refractivity contribution is -0.121. The van der Waals surface area contributed by atoms with Crippen LogP contribution in [-0.4, -0.2) is 28.0 Å². The smallest absolute Gasteiger partial charge is 0.220 e. The first kappa shape index (κ1) is 14.8. The normalized spacial score (nSPS) is 13.3. The molecule has 1 aromatic carbocycles. The number of benzene rings is 1. The first-order valence-electron chi connectivity index (χ1n) is 5.60. The van der Waals surface area contributed by atoms with Crippen LogP contribution in [0.3, 0.4) is 0 Å². The highest BCUT2D eigenvalue weighted by Gasteiger charge is 2.21. The molecule has 2 unspecified atom stereocenters. The molecule has 0 heterocycles. The van der Waals surface area contributed by atoms with Gasteiger partial charge < -0.3 is 15.9 Å². The number of carbonyl (C=O) groups excluding carboxylic acids is 2. The zero-order chi connectivity index (χ0) is 14.4. The fourth-order valence-electron chi connectivity index (χ4n) is 1.61. The SMILES string of the molecule is N#CCC(=O)c1cccc(C(O)C(O)CC(N)=O)c1. The summed E-state index contributed by atoms with van der Waals surface area (Å²) in [5.41, 5.74) is 5.48. The molecule has 0 spiro atoms. The molecular weight excluding hydrogens is 248 g/mol. The largest absolute Gasteiger partial charge is 0.390 e. The maximum absolute atomic E-state index is 11.5. The van der Waals surface area contributed by atoms with Crippen LogP contribution >= 0.6 is 0 Å². The lowest BCUT2D eigenvalue weighted by Crippen LogP contribution is -2.25. The van der Waals surface area contributed by atoms with Crippen LogP contribution in [0.4, 0.5) is 0 Å². The van der Waals surface area contributed by atoms with Gasteiger partial charge >= 0.3 is 0 Å². The average Bonchev–Trinajstić information content (AvgIpc) is 2.37. The Kier molecular flexibility index (Phi) is 5.18. The Morgan fingerprint density at radius 3 is 2.63 bits per heavy atom. The van der Waals surface area contributed by atoms with E-state index in [0.717, 1.165) is 0 Å². The lowest BCUT2D eigenvalue weighted by Gasteiger charge is -2.17. The van der Waals surface area contributed by atoms with Crippen molar-refractivity contribution in [2.45, 2.75) is 25.0 Å². The summed E-state index contributed by atoms with van der Waals surface area (Å²) in [6.07, 6.45) is -3.29. The zero-order valence-electron chi connectivity index (χ0n) is 10.1. The molecular formula is C13H14N2O4. The molecule has 19 heavy (non-hydrogen) atoms. The molecule has 1 amide bonds. The minimum absolute atomic E-state index is 0.261. The van der Waals surface area contributed by atoms with Crippen molar-refractivity contribution in [3.05, 3.63) is 35.4 Å². The van der Waals surface area contributed by atoms with E-state index in [-0.39, 0.29) is 29.8 Å². The van der Waals surface area contributed by atoms with Gasteiger partial charge in [-0.3, -0.25) is 9.59 Å². The van der Waals surface area contributed by atoms with Crippen molar-refractivity contribution in [3.8, 4) is 6.07 Å². The van der Waals surface area contributed by atoms with Crippen LogP contribution in [0.2, 0.25) is 0 Å². The maximum atomic E-state index is 11.5. The number of hydrogen-bond acceptors (Lipinski definition) is 5. The number of primary amides is 1. The van der Waals surface area contributed by atoms with Crippen molar-refractivity contribution < 1.29 is 19.8 Å². The molecule has 2 atom stereocenters. The molecule has 1 rings (SSSR count). The predicted molar refractivity (Wildman–Crippen MR) is 65.8 cm³/mol. The number of nitrogens with zero attached hydrogens (tertiary/aromatic N) is 1. The first-order chi connectivity index (χ1) is 8.95. The number of rotatable bonds is 6. The Balaban J connectivity index is 2.90. The third kappa shape index (κ3) is 4.17. The first-order valence-corrected chi connectivity index (χ1v) is 5.60. The molecule has 0 aliphatic rings. The molecule has 1 aromatic rings. The van der Waals surface area contributed by atoms with Gasteiger partial charge in [-0.1, -0.05) is 18.2 Å². The maximum Gasteiger partial charge on any atom is 0.220 e. The fraction of sp³-hybridized carbons (Fsp3) is 0.308. The Bertz CT molecular complexity index is 522. The molecule has 0 radical (unpaired) electrons. The third-order valence-electron chi connectivity index (χ3n) is 2.56. The molecule has 4 N–H and O–H groups in total. The highest BCUT2D eigenvalue weighted by molar-refractivity contribution is 5.97. The van der Waals surface area contributed by atoms with Gasteiger partial charge in [0.05, 0.1) is 25.0 Å². The standard InChI is InChI=1S/C13H14N2O4/c14-5-4-10(16)8-2-1-3-9(6-8)13(19)11(17)7-12(15)18/h1-3,6,11,13,17,19H,4,7H2,(H2,15,18). The molecule has 100 valence electrons. The van der Waals surface area contributed by atoms with Gasteiger partial charge in [0.2, 0.25) is 5.91 Å². The van der Waals surface area contributed by atoms with Crippen LogP contribution in [0.15, 0.2) is 24.3 Å². The second kappa shape index (κ2) is 6.64. The van der Waals surface area contributed by atoms with Crippen LogP contribution in [0, 0.1) is 11.3 Å². The van der Waals surface area contributed by atoms with Crippen molar-refractivity contribution in [2.24, 2.45) is 5.73 Å². The number of nitrogens with two attached hydrogens (primary N) is 1. The topological polar surface area (TPSA) is 124 Å². The average molecular weight is 262 g/mol. The fourth-order valence-corrected chi connectivity index (χ4v) is 1.61. The molecule has 6 heteroatoms. The van der Waals surface area contributed by atoms with Gasteiger partial charge in [0.1, 0.15) is 6.10 Å². The molecule has 0 aromatic heterocycles. The minimum Gasteiger partial charge on any atom is -0.390 e. The zero-order valence-corrected chi connectivity index (χ0v) is 10.1. The van der Waals surface area contributed by atoms with Crippen molar-refractivity contribution in [3.63, 3.8) is 0 Å². The Morgan fingerprint density at radius 1 is 1.37 bits per heavy atom. The Morgan fingerprint density at radius 2 is 2.05 bits per heavy atom. The number of ketones is 1. The molecule has 0 fully saturated rings. The van der Waals surface area contributed by atoms with E-state index in [1.807, 2.05) is 0 Å². The second-order valence-electron chi connectivity index (χ2n) is 4.07. The number of aliphatic hydroxyl groups is 2. The molecule has 0 aliphatic heterocycles. The van der Waals surface area contributed by atoms with Crippen LogP contribution in [0.1, 0.15) is 34.9 Å². The van der Waals surface area contributed by atoms with E-state index in [2.05, 4.69) is 0 Å². The van der Waals surface area contributed by atoms with Crippen LogP contribution in [-0.2, 0) is 4.79 Å². The van der Waals surface area contributed by atoms with Gasteiger partial charge in [-0.25, -0.2) is 0 Å². The van der Waals surface area contributed by atoms with Gasteiger partial charge in [-0.05, 0) is 11.6 Å². The van der Waals surface area contributed by atoms with Crippen molar-refractivity contribution in [1.82, 2.24) is 0 Å². The summed E-state index contributed by atoms with van der Waals surface area (Å²) in [6, 6.07) is 7.67. The summed E-state index contributed by atoms with van der Waals surface area (Å²) < 4.78 is 0. The van der Waals surface area contributed by atoms with Gasteiger partial charge in [0, 0.05) is 5.56 Å². The highest BCUT2D eigenvalue weighted by Crippen LogP contribution is 2.20. The van der Waals surface area contributed by atoms with Crippen LogP contribution < -0.4 is 5.73 Å². The number of carbonyl (C=O) groups is 2. The quantitative estimate of drug-likeness (QED) is 0.625. The highest BCUT2D eigenvalue weighted by atomic mass is 16.3. The van der Waals surface area contributed by atoms with Gasteiger partial charge in [-0.2, -0.15) is 5.26 Å². The van der Waals surface area contributed by atoms with Crippen LogP contribution in [0.25, 0.3) is 0 Å². The molecule has 0 bridgehead atoms. The number of aliphatic hydroxyl groups excluding tert-OH is 2. The molecule has 0 saturated carbocycles. The summed E-state index contributed by atoms with van der Waals surface area (Å²) in [7, 11) is 0. The van der Waals surface area contributed by atoms with Crippen molar-refractivity contribution in [1.29, 1.82) is 5.26 Å². The van der Waals surface area contributed by atoms with E-state index in [9.17, 15) is 19.8 Å². The lowest BCUT2D eigenvalue weighted by atomic mass is 9.98. The number of nitriles is 1. The van der Waals surface area contributed by atoms with E-state index < -0.39 is 18.1 Å². The summed E-state index contributed by atoms with van der Waals surface area (Å²) >= 11 is 0. The van der Waals surface area contributed by atoms with E-state index in [4.69, 9.17) is 11.0 Å². The van der Waals surface area contributed by atoms with Crippen molar-refractivity contribution >= 4 is 11.7 Å². The van der Waals surface area contributed by atoms with Gasteiger partial charge in [-0.15, -0.1) is 0 Å². The number of Topliss-reactive ketones (excluding diaryl/α,β-unsaturated/α-hetero) is 1. The molecule has 0 saturated heterocycles. The Labute approximate surface area is 110 Å². The molecule has 6 nitrogen and oxygen atoms in total. The molecule has 0 aliphatic carbocycles. The third-order valence-corrected chi connectivity index (χ3v) is 2.56. The summed E-state index contributed by atoms with van der Waals surface area (Å²) in [5.74, 6) is -1.11. The second-order valence-corrected chi connectivity index (χ2v) is 4.07. The minimum atomic E-state index is -1.33. The number of amides is 1. The van der Waals surface area contributed by atoms with E-state index >= 15 is 0 Å². The van der Waals surface area contributed by atoms with Gasteiger partial charge in [0.15, 0.2) is 5.78 Å². The summed E-state index contributed by atoms with van der Waals surface area (Å²) in [4.78, 5) is 22.2. The predicted octanol–water partition coefficient (Wildman–Crippen LogP) is 0.0527. The Hall–Kier alpha value is -2.23. The van der Waals surface area contributed by atoms with E-state index in [1.54, 1.807) is 6.07 Å². The monoisotopic (exact) mass is 262 g/mol. The van der Waals surface area contributed by atoms with Crippen LogP contribution in [0.5, 0.6) is 0 Å².